The predicted molar refractivity (Wildman–Crippen MR) is 76.4 cm³/mol. The second kappa shape index (κ2) is 5.44. The fourth-order valence-corrected chi connectivity index (χ4v) is 3.92. The van der Waals surface area contributed by atoms with Crippen LogP contribution in [0.2, 0.25) is 0 Å². The van der Waals surface area contributed by atoms with Crippen molar-refractivity contribution in [1.82, 2.24) is 5.32 Å². The van der Waals surface area contributed by atoms with Gasteiger partial charge in [0.05, 0.1) is 0 Å². The van der Waals surface area contributed by atoms with Crippen molar-refractivity contribution in [3.63, 3.8) is 0 Å². The van der Waals surface area contributed by atoms with Crippen LogP contribution in [0.25, 0.3) is 0 Å². The van der Waals surface area contributed by atoms with Gasteiger partial charge < -0.3 is 5.32 Å². The normalized spacial score (nSPS) is 23.6. The third-order valence-corrected chi connectivity index (χ3v) is 5.15. The first-order chi connectivity index (χ1) is 8.86. The lowest BCUT2D eigenvalue weighted by Crippen LogP contribution is -2.36. The van der Waals surface area contributed by atoms with Gasteiger partial charge in [-0.15, -0.1) is 0 Å². The maximum atomic E-state index is 3.74. The molecule has 0 amide bonds. The third kappa shape index (κ3) is 2.77. The highest BCUT2D eigenvalue weighted by molar-refractivity contribution is 5.14. The van der Waals surface area contributed by atoms with Crippen LogP contribution in [0, 0.1) is 5.41 Å². The zero-order chi connectivity index (χ0) is 12.3. The van der Waals surface area contributed by atoms with Gasteiger partial charge in [-0.05, 0) is 49.5 Å². The largest absolute Gasteiger partial charge is 0.310 e. The van der Waals surface area contributed by atoms with Gasteiger partial charge in [-0.3, -0.25) is 0 Å². The number of nitrogens with one attached hydrogen (secondary N) is 1. The minimum atomic E-state index is 0.761. The summed E-state index contributed by atoms with van der Waals surface area (Å²) in [5, 5.41) is 3.74. The predicted octanol–water partition coefficient (Wildman–Crippen LogP) is 4.28. The Bertz CT molecular complexity index is 354. The van der Waals surface area contributed by atoms with Gasteiger partial charge in [0.2, 0.25) is 0 Å². The summed E-state index contributed by atoms with van der Waals surface area (Å²) >= 11 is 0. The lowest BCUT2D eigenvalue weighted by Gasteiger charge is -2.37. The van der Waals surface area contributed by atoms with Crippen LogP contribution in [0.15, 0.2) is 30.3 Å². The molecule has 2 fully saturated rings. The summed E-state index contributed by atoms with van der Waals surface area (Å²) < 4.78 is 0. The average Bonchev–Trinajstić information content (AvgIpc) is 2.88. The van der Waals surface area contributed by atoms with Crippen LogP contribution in [0.1, 0.15) is 56.9 Å². The van der Waals surface area contributed by atoms with E-state index in [1.54, 1.807) is 0 Å². The zero-order valence-corrected chi connectivity index (χ0v) is 11.3. The molecule has 1 aromatic carbocycles. The van der Waals surface area contributed by atoms with Crippen molar-refractivity contribution in [2.75, 3.05) is 0 Å². The topological polar surface area (TPSA) is 12.0 Å². The molecule has 3 rings (SSSR count). The van der Waals surface area contributed by atoms with Gasteiger partial charge in [-0.25, -0.2) is 0 Å². The Morgan fingerprint density at radius 1 is 0.944 bits per heavy atom. The molecule has 0 radical (unpaired) electrons. The molecule has 1 N–H and O–H groups in total. The molecule has 1 nitrogen and oxygen atoms in total. The molecule has 0 aromatic heterocycles. The minimum Gasteiger partial charge on any atom is -0.310 e. The molecular formula is C17H25N. The second-order valence-corrected chi connectivity index (χ2v) is 6.35. The Hall–Kier alpha value is -0.820. The summed E-state index contributed by atoms with van der Waals surface area (Å²) in [5.74, 6) is 0. The van der Waals surface area contributed by atoms with E-state index in [0.29, 0.717) is 0 Å². The molecule has 2 aliphatic rings. The summed E-state index contributed by atoms with van der Waals surface area (Å²) in [6.45, 7) is 1.04. The summed E-state index contributed by atoms with van der Waals surface area (Å²) in [6, 6.07) is 11.5. The van der Waals surface area contributed by atoms with Crippen LogP contribution in [0.3, 0.4) is 0 Å². The Morgan fingerprint density at radius 3 is 2.28 bits per heavy atom. The van der Waals surface area contributed by atoms with Crippen molar-refractivity contribution in [2.24, 2.45) is 5.41 Å². The van der Waals surface area contributed by atoms with Crippen molar-refractivity contribution in [1.29, 1.82) is 0 Å². The summed E-state index contributed by atoms with van der Waals surface area (Å²) in [6.07, 6.45) is 11.7. The SMILES string of the molecule is c1ccc(CNC2CCC3(CCCC3)CC2)cc1. The number of hydrogen-bond donors (Lipinski definition) is 1. The standard InChI is InChI=1S/C17H25N/c1-2-6-15(7-3-1)14-18-16-8-12-17(13-9-16)10-4-5-11-17/h1-3,6-7,16,18H,4-5,8-14H2. The molecule has 0 unspecified atom stereocenters. The van der Waals surface area contributed by atoms with Crippen molar-refractivity contribution in [3.8, 4) is 0 Å². The highest BCUT2D eigenvalue weighted by Gasteiger charge is 2.37. The van der Waals surface area contributed by atoms with Crippen molar-refractivity contribution in [3.05, 3.63) is 35.9 Å². The van der Waals surface area contributed by atoms with E-state index in [2.05, 4.69) is 35.6 Å². The van der Waals surface area contributed by atoms with E-state index < -0.39 is 0 Å². The highest BCUT2D eigenvalue weighted by atomic mass is 14.9. The Balaban J connectivity index is 1.46. The van der Waals surface area contributed by atoms with Crippen LogP contribution < -0.4 is 5.32 Å². The van der Waals surface area contributed by atoms with Crippen LogP contribution in [0.4, 0.5) is 0 Å². The Kier molecular flexibility index (Phi) is 3.69. The molecule has 0 bridgehead atoms. The fourth-order valence-electron chi connectivity index (χ4n) is 3.92. The molecule has 1 aromatic rings. The van der Waals surface area contributed by atoms with Crippen molar-refractivity contribution in [2.45, 2.75) is 64.0 Å². The molecule has 1 spiro atoms. The maximum Gasteiger partial charge on any atom is 0.0208 e. The van der Waals surface area contributed by atoms with E-state index in [4.69, 9.17) is 0 Å². The lowest BCUT2D eigenvalue weighted by atomic mass is 9.71. The summed E-state index contributed by atoms with van der Waals surface area (Å²) in [4.78, 5) is 0. The highest BCUT2D eigenvalue weighted by Crippen LogP contribution is 2.48. The summed E-state index contributed by atoms with van der Waals surface area (Å²) in [7, 11) is 0. The van der Waals surface area contributed by atoms with Crippen LogP contribution in [-0.4, -0.2) is 6.04 Å². The Labute approximate surface area is 111 Å². The van der Waals surface area contributed by atoms with Crippen LogP contribution in [0.5, 0.6) is 0 Å². The van der Waals surface area contributed by atoms with E-state index in [-0.39, 0.29) is 0 Å². The monoisotopic (exact) mass is 243 g/mol. The average molecular weight is 243 g/mol. The fraction of sp³-hybridized carbons (Fsp3) is 0.647. The molecule has 0 heterocycles. The minimum absolute atomic E-state index is 0.761. The third-order valence-electron chi connectivity index (χ3n) is 5.15. The van der Waals surface area contributed by atoms with Gasteiger partial charge in [-0.1, -0.05) is 43.2 Å². The van der Waals surface area contributed by atoms with Gasteiger partial charge in [0.25, 0.3) is 0 Å². The van der Waals surface area contributed by atoms with Crippen molar-refractivity contribution < 1.29 is 0 Å². The maximum absolute atomic E-state index is 3.74. The molecule has 2 aliphatic carbocycles. The number of hydrogen-bond acceptors (Lipinski definition) is 1. The van der Waals surface area contributed by atoms with E-state index >= 15 is 0 Å². The van der Waals surface area contributed by atoms with Crippen LogP contribution in [-0.2, 0) is 6.54 Å². The van der Waals surface area contributed by atoms with Gasteiger partial charge in [0.15, 0.2) is 0 Å². The quantitative estimate of drug-likeness (QED) is 0.835. The molecule has 1 heteroatoms. The molecule has 0 atom stereocenters. The van der Waals surface area contributed by atoms with Crippen molar-refractivity contribution >= 4 is 0 Å². The number of benzene rings is 1. The first-order valence-electron chi connectivity index (χ1n) is 7.64. The Morgan fingerprint density at radius 2 is 1.61 bits per heavy atom. The molecular weight excluding hydrogens is 218 g/mol. The smallest absolute Gasteiger partial charge is 0.0208 e. The first kappa shape index (κ1) is 12.2. The van der Waals surface area contributed by atoms with Gasteiger partial charge in [-0.2, -0.15) is 0 Å². The number of rotatable bonds is 3. The molecule has 18 heavy (non-hydrogen) atoms. The molecule has 0 saturated heterocycles. The van der Waals surface area contributed by atoms with Gasteiger partial charge >= 0.3 is 0 Å². The van der Waals surface area contributed by atoms with E-state index in [1.165, 1.54) is 56.9 Å². The summed E-state index contributed by atoms with van der Waals surface area (Å²) in [5.41, 5.74) is 2.18. The molecule has 2 saturated carbocycles. The van der Waals surface area contributed by atoms with Gasteiger partial charge in [0.1, 0.15) is 0 Å². The van der Waals surface area contributed by atoms with Gasteiger partial charge in [0, 0.05) is 12.6 Å². The molecule has 98 valence electrons. The van der Waals surface area contributed by atoms with E-state index in [1.807, 2.05) is 0 Å². The van der Waals surface area contributed by atoms with E-state index in [0.717, 1.165) is 18.0 Å². The first-order valence-corrected chi connectivity index (χ1v) is 7.64. The lowest BCUT2D eigenvalue weighted by molar-refractivity contribution is 0.168. The van der Waals surface area contributed by atoms with E-state index in [9.17, 15) is 0 Å². The van der Waals surface area contributed by atoms with Crippen LogP contribution >= 0.6 is 0 Å². The second-order valence-electron chi connectivity index (χ2n) is 6.35. The molecule has 0 aliphatic heterocycles. The zero-order valence-electron chi connectivity index (χ0n) is 11.3.